The molecule has 0 aromatic carbocycles. The van der Waals surface area contributed by atoms with Gasteiger partial charge in [0.25, 0.3) is 0 Å². The Morgan fingerprint density at radius 2 is 2.62 bits per heavy atom. The molecule has 1 unspecified atom stereocenters. The van der Waals surface area contributed by atoms with Gasteiger partial charge < -0.3 is 10.1 Å². The van der Waals surface area contributed by atoms with Crippen molar-refractivity contribution in [2.75, 3.05) is 6.61 Å². The molecule has 0 saturated carbocycles. The lowest BCUT2D eigenvalue weighted by molar-refractivity contribution is -0.119. The van der Waals surface area contributed by atoms with Crippen LogP contribution in [0.2, 0.25) is 0 Å². The minimum absolute atomic E-state index is 0.00338. The molecule has 0 spiro atoms. The van der Waals surface area contributed by atoms with Crippen molar-refractivity contribution < 1.29 is 14.3 Å². The topological polar surface area (TPSA) is 55.4 Å². The number of hydrogen-bond acceptors (Lipinski definition) is 3. The lowest BCUT2D eigenvalue weighted by Gasteiger charge is -1.94. The average Bonchev–Trinajstić information content (AvgIpc) is 2.14. The molecule has 44 valence electrons. The first-order valence-corrected chi connectivity index (χ1v) is 2.19. The van der Waals surface area contributed by atoms with Crippen molar-refractivity contribution in [2.45, 2.75) is 6.23 Å². The number of rotatable bonds is 1. The number of carbonyl (C=O) groups excluding carboxylic acids is 2. The summed E-state index contributed by atoms with van der Waals surface area (Å²) in [7, 11) is 0. The number of nitrogens with one attached hydrogen (secondary N) is 1. The molecule has 1 amide bonds. The molecule has 1 N–H and O–H groups in total. The predicted molar refractivity (Wildman–Crippen MR) is 23.9 cm³/mol. The molecule has 0 radical (unpaired) electrons. The zero-order valence-electron chi connectivity index (χ0n) is 4.09. The number of carbonyl (C=O) groups is 2. The van der Waals surface area contributed by atoms with Crippen LogP contribution in [-0.4, -0.2) is 25.0 Å². The molecule has 8 heavy (non-hydrogen) atoms. The number of amides is 1. The Labute approximate surface area is 45.8 Å². The van der Waals surface area contributed by atoms with Gasteiger partial charge in [-0.25, -0.2) is 0 Å². The summed E-state index contributed by atoms with van der Waals surface area (Å²) in [5.74, 6) is -0.234. The quantitative estimate of drug-likeness (QED) is 0.430. The van der Waals surface area contributed by atoms with Crippen molar-refractivity contribution in [1.29, 1.82) is 0 Å². The van der Waals surface area contributed by atoms with Gasteiger partial charge in [-0.1, -0.05) is 0 Å². The van der Waals surface area contributed by atoms with Crippen LogP contribution in [0.25, 0.3) is 0 Å². The maximum Gasteiger partial charge on any atom is 0.248 e. The minimum Gasteiger partial charge on any atom is -0.342 e. The largest absolute Gasteiger partial charge is 0.342 e. The van der Waals surface area contributed by atoms with Gasteiger partial charge in [0.05, 0.1) is 0 Å². The van der Waals surface area contributed by atoms with Crippen molar-refractivity contribution in [2.24, 2.45) is 0 Å². The van der Waals surface area contributed by atoms with Crippen LogP contribution in [0, 0.1) is 0 Å². The normalized spacial score (nSPS) is 27.5. The maximum atomic E-state index is 10.2. The molecule has 1 aliphatic heterocycles. The highest BCUT2D eigenvalue weighted by Crippen LogP contribution is 1.90. The molecule has 1 aliphatic rings. The van der Waals surface area contributed by atoms with Crippen molar-refractivity contribution in [3.05, 3.63) is 0 Å². The third kappa shape index (κ3) is 0.840. The smallest absolute Gasteiger partial charge is 0.248 e. The second kappa shape index (κ2) is 1.92. The average molecular weight is 115 g/mol. The van der Waals surface area contributed by atoms with E-state index >= 15 is 0 Å². The molecule has 0 bridgehead atoms. The van der Waals surface area contributed by atoms with Crippen LogP contribution in [0.5, 0.6) is 0 Å². The summed E-state index contributed by atoms with van der Waals surface area (Å²) in [4.78, 5) is 20.0. The standard InChI is InChI=1S/C4H5NO3/c6-1-4-5-3(7)2-8-4/h1,4H,2H2,(H,5,7). The van der Waals surface area contributed by atoms with E-state index in [4.69, 9.17) is 0 Å². The second-order valence-electron chi connectivity index (χ2n) is 1.44. The second-order valence-corrected chi connectivity index (χ2v) is 1.44. The van der Waals surface area contributed by atoms with Crippen LogP contribution in [0.4, 0.5) is 0 Å². The van der Waals surface area contributed by atoms with Crippen LogP contribution < -0.4 is 5.32 Å². The summed E-state index contributed by atoms with van der Waals surface area (Å²) in [6.07, 6.45) is -0.159. The summed E-state index contributed by atoms with van der Waals surface area (Å²) in [6.45, 7) is 0.00338. The fraction of sp³-hybridized carbons (Fsp3) is 0.500. The molecule has 0 aliphatic carbocycles. The first kappa shape index (κ1) is 5.24. The number of ether oxygens (including phenoxy) is 1. The molecular weight excluding hydrogens is 110 g/mol. The van der Waals surface area contributed by atoms with Crippen molar-refractivity contribution in [3.63, 3.8) is 0 Å². The summed E-state index contributed by atoms with van der Waals surface area (Å²) in [5, 5.41) is 2.27. The Morgan fingerprint density at radius 1 is 1.88 bits per heavy atom. The van der Waals surface area contributed by atoms with Gasteiger partial charge in [-0.05, 0) is 0 Å². The van der Waals surface area contributed by atoms with E-state index in [-0.39, 0.29) is 12.5 Å². The van der Waals surface area contributed by atoms with Crippen molar-refractivity contribution in [1.82, 2.24) is 5.32 Å². The van der Waals surface area contributed by atoms with E-state index in [1.165, 1.54) is 0 Å². The Morgan fingerprint density at radius 3 is 2.88 bits per heavy atom. The highest BCUT2D eigenvalue weighted by atomic mass is 16.5. The molecular formula is C4H5NO3. The fourth-order valence-corrected chi connectivity index (χ4v) is 0.481. The Kier molecular flexibility index (Phi) is 1.26. The highest BCUT2D eigenvalue weighted by Gasteiger charge is 2.19. The summed E-state index contributed by atoms with van der Waals surface area (Å²) < 4.78 is 4.59. The molecule has 0 aromatic heterocycles. The van der Waals surface area contributed by atoms with Crippen LogP contribution >= 0.6 is 0 Å². The summed E-state index contributed by atoms with van der Waals surface area (Å²) >= 11 is 0. The first-order chi connectivity index (χ1) is 3.83. The van der Waals surface area contributed by atoms with Gasteiger partial charge in [-0.2, -0.15) is 0 Å². The Hall–Kier alpha value is -0.900. The van der Waals surface area contributed by atoms with Crippen molar-refractivity contribution >= 4 is 12.2 Å². The van der Waals surface area contributed by atoms with Crippen LogP contribution in [0.3, 0.4) is 0 Å². The van der Waals surface area contributed by atoms with Gasteiger partial charge in [0.2, 0.25) is 5.91 Å². The Balaban J connectivity index is 2.43. The molecule has 1 saturated heterocycles. The van der Waals surface area contributed by atoms with E-state index in [1.54, 1.807) is 0 Å². The lowest BCUT2D eigenvalue weighted by Crippen LogP contribution is -2.27. The maximum absolute atomic E-state index is 10.2. The third-order valence-electron chi connectivity index (χ3n) is 0.821. The monoisotopic (exact) mass is 115 g/mol. The van der Waals surface area contributed by atoms with Gasteiger partial charge >= 0.3 is 0 Å². The fourth-order valence-electron chi connectivity index (χ4n) is 0.481. The van der Waals surface area contributed by atoms with Gasteiger partial charge in [-0.15, -0.1) is 0 Å². The summed E-state index contributed by atoms with van der Waals surface area (Å²) in [5.41, 5.74) is 0. The van der Waals surface area contributed by atoms with Gasteiger partial charge in [-0.3, -0.25) is 9.59 Å². The lowest BCUT2D eigenvalue weighted by atomic mass is 10.6. The van der Waals surface area contributed by atoms with Gasteiger partial charge in [0.15, 0.2) is 12.5 Å². The number of hydrogen-bond donors (Lipinski definition) is 1. The van der Waals surface area contributed by atoms with Crippen LogP contribution in [0.1, 0.15) is 0 Å². The molecule has 1 atom stereocenters. The highest BCUT2D eigenvalue weighted by molar-refractivity contribution is 5.82. The molecule has 0 aromatic rings. The van der Waals surface area contributed by atoms with Crippen LogP contribution in [-0.2, 0) is 14.3 Å². The molecule has 4 nitrogen and oxygen atoms in total. The molecule has 1 rings (SSSR count). The van der Waals surface area contributed by atoms with E-state index in [2.05, 4.69) is 10.1 Å². The van der Waals surface area contributed by atoms with E-state index < -0.39 is 6.23 Å². The van der Waals surface area contributed by atoms with Gasteiger partial charge in [0.1, 0.15) is 6.61 Å². The zero-order valence-corrected chi connectivity index (χ0v) is 4.09. The van der Waals surface area contributed by atoms with E-state index in [0.29, 0.717) is 6.29 Å². The van der Waals surface area contributed by atoms with E-state index in [0.717, 1.165) is 0 Å². The van der Waals surface area contributed by atoms with E-state index in [9.17, 15) is 9.59 Å². The van der Waals surface area contributed by atoms with Crippen LogP contribution in [0.15, 0.2) is 0 Å². The molecule has 1 fully saturated rings. The predicted octanol–water partition coefficient (Wildman–Crippen LogP) is -1.34. The van der Waals surface area contributed by atoms with E-state index in [1.807, 2.05) is 0 Å². The van der Waals surface area contributed by atoms with Gasteiger partial charge in [0, 0.05) is 0 Å². The number of aldehydes is 1. The third-order valence-corrected chi connectivity index (χ3v) is 0.821. The van der Waals surface area contributed by atoms with Crippen molar-refractivity contribution in [3.8, 4) is 0 Å². The molecule has 1 heterocycles. The SMILES string of the molecule is O=CC1NC(=O)CO1. The Bertz CT molecular complexity index is 122. The summed E-state index contributed by atoms with van der Waals surface area (Å²) in [6, 6.07) is 0. The molecule has 4 heteroatoms. The minimum atomic E-state index is -0.706. The zero-order chi connectivity index (χ0) is 5.98. The first-order valence-electron chi connectivity index (χ1n) is 2.19.